The summed E-state index contributed by atoms with van der Waals surface area (Å²) in [5.41, 5.74) is 2.51. The Kier molecular flexibility index (Phi) is 5.57. The third-order valence-electron chi connectivity index (χ3n) is 3.14. The summed E-state index contributed by atoms with van der Waals surface area (Å²) >= 11 is 0. The van der Waals surface area contributed by atoms with E-state index in [0.717, 1.165) is 17.7 Å². The van der Waals surface area contributed by atoms with Crippen molar-refractivity contribution < 1.29 is 22.7 Å². The van der Waals surface area contributed by atoms with Crippen LogP contribution in [0.4, 0.5) is 13.2 Å². The van der Waals surface area contributed by atoms with Crippen LogP contribution in [0, 0.1) is 0 Å². The van der Waals surface area contributed by atoms with Crippen LogP contribution >= 0.6 is 0 Å². The second kappa shape index (κ2) is 7.63. The number of carbonyl (C=O) groups excluding carboxylic acids is 1. The molecule has 0 aliphatic heterocycles. The minimum absolute atomic E-state index is 0.191. The number of nitrogens with one attached hydrogen (secondary N) is 1. The highest BCUT2D eigenvalue weighted by molar-refractivity contribution is 5.83. The highest BCUT2D eigenvalue weighted by atomic mass is 19.4. The summed E-state index contributed by atoms with van der Waals surface area (Å²) in [5.74, 6) is 0.194. The predicted octanol–water partition coefficient (Wildman–Crippen LogP) is 3.41. The predicted molar refractivity (Wildman–Crippen MR) is 83.9 cm³/mol. The summed E-state index contributed by atoms with van der Waals surface area (Å²) in [7, 11) is 1.55. The zero-order chi connectivity index (χ0) is 17.6. The molecule has 2 aromatic rings. The normalized spacial score (nSPS) is 11.5. The lowest BCUT2D eigenvalue weighted by Gasteiger charge is -2.08. The first kappa shape index (κ1) is 17.5. The van der Waals surface area contributed by atoms with Gasteiger partial charge in [-0.3, -0.25) is 4.79 Å². The molecular formula is C17H15F3N2O2. The van der Waals surface area contributed by atoms with Crippen LogP contribution in [-0.2, 0) is 17.4 Å². The third kappa shape index (κ3) is 5.12. The molecule has 0 spiro atoms. The quantitative estimate of drug-likeness (QED) is 0.672. The van der Waals surface area contributed by atoms with Crippen LogP contribution < -0.4 is 10.2 Å². The second-order valence-electron chi connectivity index (χ2n) is 4.94. The Morgan fingerprint density at radius 1 is 1.21 bits per heavy atom. The van der Waals surface area contributed by atoms with Gasteiger partial charge in [0.2, 0.25) is 5.91 Å². The smallest absolute Gasteiger partial charge is 0.416 e. The largest absolute Gasteiger partial charge is 0.497 e. The molecule has 0 saturated carbocycles. The molecule has 2 aromatic carbocycles. The van der Waals surface area contributed by atoms with Crippen LogP contribution in [0.5, 0.6) is 5.75 Å². The summed E-state index contributed by atoms with van der Waals surface area (Å²) in [6, 6.07) is 11.6. The number of alkyl halides is 3. The van der Waals surface area contributed by atoms with Crippen molar-refractivity contribution in [2.45, 2.75) is 12.6 Å². The van der Waals surface area contributed by atoms with Crippen molar-refractivity contribution in [3.8, 4) is 5.75 Å². The number of carbonyl (C=O) groups is 1. The number of rotatable bonds is 5. The fourth-order valence-corrected chi connectivity index (χ4v) is 1.95. The van der Waals surface area contributed by atoms with Crippen molar-refractivity contribution in [2.75, 3.05) is 7.11 Å². The highest BCUT2D eigenvalue weighted by Gasteiger charge is 2.30. The molecule has 1 amide bonds. The molecule has 0 unspecified atom stereocenters. The molecule has 0 heterocycles. The van der Waals surface area contributed by atoms with Crippen molar-refractivity contribution in [1.82, 2.24) is 5.43 Å². The number of methoxy groups -OCH3 is 1. The average molecular weight is 336 g/mol. The Balaban J connectivity index is 1.92. The van der Waals surface area contributed by atoms with E-state index in [-0.39, 0.29) is 12.0 Å². The maximum atomic E-state index is 12.6. The van der Waals surface area contributed by atoms with Crippen LogP contribution in [0.25, 0.3) is 0 Å². The highest BCUT2D eigenvalue weighted by Crippen LogP contribution is 2.29. The standard InChI is InChI=1S/C17H15F3N2O2/c1-24-15-7-5-12(6-8-15)11-21-22-16(23)10-13-3-2-4-14(9-13)17(18,19)20/h2-9,11H,10H2,1H3,(H,22,23)/b21-11-. The van der Waals surface area contributed by atoms with E-state index in [1.165, 1.54) is 18.3 Å². The number of hydrazone groups is 1. The molecule has 0 aliphatic rings. The van der Waals surface area contributed by atoms with Crippen LogP contribution in [0.2, 0.25) is 0 Å². The minimum Gasteiger partial charge on any atom is -0.497 e. The topological polar surface area (TPSA) is 50.7 Å². The van der Waals surface area contributed by atoms with Gasteiger partial charge in [-0.25, -0.2) is 5.43 Å². The van der Waals surface area contributed by atoms with Gasteiger partial charge in [0.05, 0.1) is 25.3 Å². The van der Waals surface area contributed by atoms with Crippen molar-refractivity contribution in [3.63, 3.8) is 0 Å². The van der Waals surface area contributed by atoms with E-state index < -0.39 is 17.6 Å². The van der Waals surface area contributed by atoms with Crippen LogP contribution in [0.15, 0.2) is 53.6 Å². The van der Waals surface area contributed by atoms with Crippen molar-refractivity contribution in [3.05, 3.63) is 65.2 Å². The molecule has 24 heavy (non-hydrogen) atoms. The molecule has 0 aromatic heterocycles. The molecule has 1 N–H and O–H groups in total. The lowest BCUT2D eigenvalue weighted by atomic mass is 10.1. The number of hydrogen-bond donors (Lipinski definition) is 1. The van der Waals surface area contributed by atoms with E-state index in [2.05, 4.69) is 10.5 Å². The summed E-state index contributed by atoms with van der Waals surface area (Å²) in [4.78, 5) is 11.7. The maximum absolute atomic E-state index is 12.6. The number of amides is 1. The molecular weight excluding hydrogens is 321 g/mol. The Morgan fingerprint density at radius 3 is 2.54 bits per heavy atom. The molecule has 2 rings (SSSR count). The molecule has 0 radical (unpaired) electrons. The minimum atomic E-state index is -4.43. The van der Waals surface area contributed by atoms with Gasteiger partial charge < -0.3 is 4.74 Å². The Labute approximate surface area is 137 Å². The van der Waals surface area contributed by atoms with Crippen LogP contribution in [0.3, 0.4) is 0 Å². The van der Waals surface area contributed by atoms with Gasteiger partial charge in [-0.05, 0) is 41.5 Å². The van der Waals surface area contributed by atoms with Crippen molar-refractivity contribution in [1.29, 1.82) is 0 Å². The molecule has 4 nitrogen and oxygen atoms in total. The lowest BCUT2D eigenvalue weighted by Crippen LogP contribution is -2.20. The Morgan fingerprint density at radius 2 is 1.92 bits per heavy atom. The number of halogens is 3. The number of hydrogen-bond acceptors (Lipinski definition) is 3. The Bertz CT molecular complexity index is 725. The second-order valence-corrected chi connectivity index (χ2v) is 4.94. The van der Waals surface area contributed by atoms with E-state index in [9.17, 15) is 18.0 Å². The molecule has 0 fully saturated rings. The van der Waals surface area contributed by atoms with E-state index in [0.29, 0.717) is 5.75 Å². The van der Waals surface area contributed by atoms with Gasteiger partial charge in [0.25, 0.3) is 0 Å². The van der Waals surface area contributed by atoms with E-state index in [4.69, 9.17) is 4.74 Å². The van der Waals surface area contributed by atoms with Crippen molar-refractivity contribution >= 4 is 12.1 Å². The van der Waals surface area contributed by atoms with Gasteiger partial charge in [-0.1, -0.05) is 18.2 Å². The molecule has 0 aliphatic carbocycles. The van der Waals surface area contributed by atoms with Crippen LogP contribution in [0.1, 0.15) is 16.7 Å². The first-order chi connectivity index (χ1) is 11.4. The van der Waals surface area contributed by atoms with E-state index in [1.807, 2.05) is 0 Å². The molecule has 126 valence electrons. The summed E-state index contributed by atoms with van der Waals surface area (Å²) in [5, 5.41) is 3.78. The molecule has 0 bridgehead atoms. The maximum Gasteiger partial charge on any atom is 0.416 e. The van der Waals surface area contributed by atoms with Gasteiger partial charge in [0, 0.05) is 0 Å². The van der Waals surface area contributed by atoms with Gasteiger partial charge in [0.1, 0.15) is 5.75 Å². The zero-order valence-electron chi connectivity index (χ0n) is 12.8. The lowest BCUT2D eigenvalue weighted by molar-refractivity contribution is -0.137. The molecule has 7 heteroatoms. The fraction of sp³-hybridized carbons (Fsp3) is 0.176. The first-order valence-corrected chi connectivity index (χ1v) is 7.00. The van der Waals surface area contributed by atoms with Gasteiger partial charge in [-0.15, -0.1) is 0 Å². The van der Waals surface area contributed by atoms with Gasteiger partial charge in [0.15, 0.2) is 0 Å². The summed E-state index contributed by atoms with van der Waals surface area (Å²) < 4.78 is 42.9. The van der Waals surface area contributed by atoms with Gasteiger partial charge >= 0.3 is 6.18 Å². The fourth-order valence-electron chi connectivity index (χ4n) is 1.95. The number of ether oxygens (including phenoxy) is 1. The molecule has 0 atom stereocenters. The van der Waals surface area contributed by atoms with Crippen LogP contribution in [-0.4, -0.2) is 19.2 Å². The van der Waals surface area contributed by atoms with E-state index in [1.54, 1.807) is 31.4 Å². The third-order valence-corrected chi connectivity index (χ3v) is 3.14. The monoisotopic (exact) mass is 336 g/mol. The van der Waals surface area contributed by atoms with E-state index >= 15 is 0 Å². The van der Waals surface area contributed by atoms with Gasteiger partial charge in [-0.2, -0.15) is 18.3 Å². The summed E-state index contributed by atoms with van der Waals surface area (Å²) in [6.07, 6.45) is -3.19. The SMILES string of the molecule is COc1ccc(/C=N\NC(=O)Cc2cccc(C(F)(F)F)c2)cc1. The molecule has 0 saturated heterocycles. The first-order valence-electron chi connectivity index (χ1n) is 7.00. The average Bonchev–Trinajstić information content (AvgIpc) is 2.55. The number of benzene rings is 2. The Hall–Kier alpha value is -2.83. The number of nitrogens with zero attached hydrogens (tertiary/aromatic N) is 1. The summed E-state index contributed by atoms with van der Waals surface area (Å²) in [6.45, 7) is 0. The zero-order valence-corrected chi connectivity index (χ0v) is 12.8. The van der Waals surface area contributed by atoms with Crippen molar-refractivity contribution in [2.24, 2.45) is 5.10 Å².